The van der Waals surface area contributed by atoms with Crippen LogP contribution in [-0.4, -0.2) is 5.78 Å². The molecule has 3 rings (SSSR count). The SMILES string of the molecule is Nc1[nH+]c(-c2ccccc2)sc1C(=O)c1ccccc1.[O-][Cl+3]([O-])([O-])[O-]. The van der Waals surface area contributed by atoms with Crippen molar-refractivity contribution < 1.29 is 38.7 Å². The normalized spacial score (nSPS) is 10.7. The van der Waals surface area contributed by atoms with Gasteiger partial charge in [0.15, 0.2) is 9.88 Å². The van der Waals surface area contributed by atoms with E-state index in [1.807, 2.05) is 48.5 Å². The van der Waals surface area contributed by atoms with Crippen LogP contribution in [0.5, 0.6) is 0 Å². The Morgan fingerprint density at radius 2 is 1.40 bits per heavy atom. The summed E-state index contributed by atoms with van der Waals surface area (Å²) in [6, 6.07) is 19.0. The minimum Gasteiger partial charge on any atom is -0.287 e. The van der Waals surface area contributed by atoms with E-state index in [1.54, 1.807) is 12.1 Å². The summed E-state index contributed by atoms with van der Waals surface area (Å²) in [7, 11) is -4.94. The summed E-state index contributed by atoms with van der Waals surface area (Å²) in [4.78, 5) is 16.1. The number of anilines is 1. The molecule has 3 aromatic rings. The van der Waals surface area contributed by atoms with Crippen molar-refractivity contribution >= 4 is 22.9 Å². The van der Waals surface area contributed by atoms with Crippen LogP contribution in [-0.2, 0) is 0 Å². The molecule has 7 nitrogen and oxygen atoms in total. The number of aromatic amines is 1. The van der Waals surface area contributed by atoms with E-state index >= 15 is 0 Å². The lowest BCUT2D eigenvalue weighted by atomic mass is 10.1. The zero-order chi connectivity index (χ0) is 18.4. The molecular formula is C16H13ClN2O5S. The highest BCUT2D eigenvalue weighted by Gasteiger charge is 2.22. The third-order valence-electron chi connectivity index (χ3n) is 2.98. The van der Waals surface area contributed by atoms with Gasteiger partial charge in [-0.05, 0) is 12.1 Å². The highest BCUT2D eigenvalue weighted by molar-refractivity contribution is 7.17. The molecule has 0 aliphatic heterocycles. The fourth-order valence-electron chi connectivity index (χ4n) is 1.97. The maximum Gasteiger partial charge on any atom is 0.293 e. The molecule has 0 saturated heterocycles. The van der Waals surface area contributed by atoms with Crippen LogP contribution in [0.15, 0.2) is 60.7 Å². The molecule has 0 saturated carbocycles. The first-order chi connectivity index (χ1) is 11.8. The second kappa shape index (κ2) is 8.17. The summed E-state index contributed by atoms with van der Waals surface area (Å²) in [6.45, 7) is 0. The van der Waals surface area contributed by atoms with Gasteiger partial charge in [0.1, 0.15) is 0 Å². The Balaban J connectivity index is 0.000000399. The third kappa shape index (κ3) is 5.91. The second-order valence-corrected chi connectivity index (χ2v) is 6.51. The highest BCUT2D eigenvalue weighted by Crippen LogP contribution is 2.27. The average molecular weight is 381 g/mol. The summed E-state index contributed by atoms with van der Waals surface area (Å²) in [5.74, 6) is 0.370. The number of nitrogen functional groups attached to an aromatic ring is 1. The van der Waals surface area contributed by atoms with Crippen LogP contribution in [0, 0.1) is 10.2 Å². The molecule has 25 heavy (non-hydrogen) atoms. The van der Waals surface area contributed by atoms with E-state index < -0.39 is 10.2 Å². The molecule has 1 aromatic heterocycles. The summed E-state index contributed by atoms with van der Waals surface area (Å²) < 4.78 is 34.0. The number of thiazole rings is 1. The number of nitrogens with two attached hydrogens (primary N) is 1. The zero-order valence-electron chi connectivity index (χ0n) is 12.7. The fourth-order valence-corrected chi connectivity index (χ4v) is 2.96. The standard InChI is InChI=1S/C16H12N2OS.ClHO4/c17-15-14(13(19)11-7-3-1-4-8-11)20-16(18-15)12-9-5-2-6-10-12;2-1(3,4)5/h1-10H,17H2;(H,2,3,4,5). The Morgan fingerprint density at radius 1 is 0.920 bits per heavy atom. The number of carbonyl (C=O) groups is 1. The van der Waals surface area contributed by atoms with Crippen LogP contribution in [0.2, 0.25) is 0 Å². The lowest BCUT2D eigenvalue weighted by molar-refractivity contribution is -2.00. The molecule has 1 heterocycles. The molecule has 3 N–H and O–H groups in total. The van der Waals surface area contributed by atoms with Crippen molar-refractivity contribution in [3.8, 4) is 10.6 Å². The Labute approximate surface area is 149 Å². The lowest BCUT2D eigenvalue weighted by Crippen LogP contribution is -2.68. The summed E-state index contributed by atoms with van der Waals surface area (Å²) in [5.41, 5.74) is 7.62. The number of aromatic nitrogens is 1. The smallest absolute Gasteiger partial charge is 0.287 e. The molecule has 9 heteroatoms. The van der Waals surface area contributed by atoms with Gasteiger partial charge in [-0.2, -0.15) is 0 Å². The van der Waals surface area contributed by atoms with Crippen molar-refractivity contribution in [2.75, 3.05) is 5.73 Å². The molecule has 0 unspecified atom stereocenters. The number of benzene rings is 2. The number of halogens is 1. The van der Waals surface area contributed by atoms with Crippen LogP contribution in [0.3, 0.4) is 0 Å². The van der Waals surface area contributed by atoms with Gasteiger partial charge in [0.25, 0.3) is 5.82 Å². The largest absolute Gasteiger partial charge is 0.293 e. The van der Waals surface area contributed by atoms with Gasteiger partial charge in [-0.1, -0.05) is 59.9 Å². The predicted molar refractivity (Wildman–Crippen MR) is 80.6 cm³/mol. The number of H-pyrrole nitrogens is 1. The van der Waals surface area contributed by atoms with E-state index in [0.717, 1.165) is 10.6 Å². The molecule has 0 aliphatic rings. The van der Waals surface area contributed by atoms with Crippen molar-refractivity contribution in [1.82, 2.24) is 0 Å². The first-order valence-corrected chi connectivity index (χ1v) is 8.89. The van der Waals surface area contributed by atoms with Crippen molar-refractivity contribution in [3.63, 3.8) is 0 Å². The van der Waals surface area contributed by atoms with Crippen LogP contribution >= 0.6 is 11.3 Å². The average Bonchev–Trinajstić information content (AvgIpc) is 2.96. The monoisotopic (exact) mass is 380 g/mol. The Hall–Kier alpha value is -2.33. The second-order valence-electron chi connectivity index (χ2n) is 4.74. The minimum atomic E-state index is -4.94. The van der Waals surface area contributed by atoms with Crippen molar-refractivity contribution in [2.24, 2.45) is 0 Å². The first kappa shape index (κ1) is 19.0. The molecular weight excluding hydrogens is 368 g/mol. The molecule has 0 fully saturated rings. The van der Waals surface area contributed by atoms with Crippen molar-refractivity contribution in [3.05, 3.63) is 71.1 Å². The molecule has 0 aliphatic carbocycles. The Kier molecular flexibility index (Phi) is 6.21. The maximum atomic E-state index is 12.4. The summed E-state index contributed by atoms with van der Waals surface area (Å²) in [6.07, 6.45) is 0. The predicted octanol–water partition coefficient (Wildman–Crippen LogP) is -1.71. The van der Waals surface area contributed by atoms with Crippen LogP contribution < -0.4 is 29.4 Å². The molecule has 2 aromatic carbocycles. The molecule has 0 bridgehead atoms. The summed E-state index contributed by atoms with van der Waals surface area (Å²) in [5, 5.41) is 0.891. The number of carbonyl (C=O) groups excluding carboxylic acids is 1. The topological polar surface area (TPSA) is 149 Å². The minimum absolute atomic E-state index is 0.0495. The van der Waals surface area contributed by atoms with E-state index in [9.17, 15) is 4.79 Å². The highest BCUT2D eigenvalue weighted by atomic mass is 35.7. The first-order valence-electron chi connectivity index (χ1n) is 6.84. The van der Waals surface area contributed by atoms with E-state index in [2.05, 4.69) is 4.98 Å². The molecule has 0 radical (unpaired) electrons. The van der Waals surface area contributed by atoms with Crippen LogP contribution in [0.1, 0.15) is 15.2 Å². The fraction of sp³-hybridized carbons (Fsp3) is 0. The van der Waals surface area contributed by atoms with E-state index in [0.29, 0.717) is 16.3 Å². The number of nitrogens with one attached hydrogen (secondary N) is 1. The van der Waals surface area contributed by atoms with Crippen molar-refractivity contribution in [1.29, 1.82) is 0 Å². The number of hydrogen-bond acceptors (Lipinski definition) is 7. The van der Waals surface area contributed by atoms with Gasteiger partial charge in [0.2, 0.25) is 5.78 Å². The Morgan fingerprint density at radius 3 is 1.92 bits per heavy atom. The van der Waals surface area contributed by atoms with Gasteiger partial charge >= 0.3 is 0 Å². The van der Waals surface area contributed by atoms with Gasteiger partial charge in [0.05, 0.1) is 0 Å². The van der Waals surface area contributed by atoms with Crippen molar-refractivity contribution in [2.45, 2.75) is 0 Å². The van der Waals surface area contributed by atoms with Crippen LogP contribution in [0.25, 0.3) is 10.6 Å². The van der Waals surface area contributed by atoms with Crippen LogP contribution in [0.4, 0.5) is 5.82 Å². The van der Waals surface area contributed by atoms with Gasteiger partial charge in [-0.25, -0.2) is 23.6 Å². The lowest BCUT2D eigenvalue weighted by Gasteiger charge is -2.17. The van der Waals surface area contributed by atoms with Gasteiger partial charge in [0, 0.05) is 11.1 Å². The molecule has 0 atom stereocenters. The number of rotatable bonds is 3. The number of hydrogen-bond donors (Lipinski definition) is 1. The van der Waals surface area contributed by atoms with Gasteiger partial charge in [-0.15, -0.1) is 10.2 Å². The van der Waals surface area contributed by atoms with E-state index in [4.69, 9.17) is 24.4 Å². The van der Waals surface area contributed by atoms with E-state index in [-0.39, 0.29) is 5.78 Å². The van der Waals surface area contributed by atoms with Gasteiger partial charge in [-0.3, -0.25) is 10.5 Å². The zero-order valence-corrected chi connectivity index (χ0v) is 14.3. The van der Waals surface area contributed by atoms with E-state index in [1.165, 1.54) is 11.3 Å². The quantitative estimate of drug-likeness (QED) is 0.534. The maximum absolute atomic E-state index is 12.4. The molecule has 0 spiro atoms. The molecule has 130 valence electrons. The third-order valence-corrected chi connectivity index (χ3v) is 4.13. The number of ketones is 1. The van der Waals surface area contributed by atoms with Gasteiger partial charge < -0.3 is 0 Å². The molecule has 0 amide bonds. The summed E-state index contributed by atoms with van der Waals surface area (Å²) >= 11 is 1.39. The Bertz CT molecular complexity index is 829.